The molecular formula is C28H32BrNO4S. The van der Waals surface area contributed by atoms with Crippen molar-refractivity contribution in [2.24, 2.45) is 5.92 Å². The first kappa shape index (κ1) is 24.7. The smallest absolute Gasteiger partial charge is 0.216 e. The van der Waals surface area contributed by atoms with Crippen LogP contribution < -0.4 is 4.74 Å². The van der Waals surface area contributed by atoms with Crippen LogP contribution in [0.4, 0.5) is 0 Å². The first-order chi connectivity index (χ1) is 16.5. The van der Waals surface area contributed by atoms with Crippen molar-refractivity contribution in [3.8, 4) is 5.75 Å². The van der Waals surface area contributed by atoms with Crippen LogP contribution in [0.5, 0.6) is 5.75 Å². The van der Waals surface area contributed by atoms with Crippen LogP contribution in [-0.2, 0) is 21.9 Å². The van der Waals surface area contributed by atoms with Crippen LogP contribution in [0.3, 0.4) is 0 Å². The fourth-order valence-electron chi connectivity index (χ4n) is 5.65. The fraction of sp³-hybridized carbons (Fsp3) is 0.464. The molecule has 1 fully saturated rings. The average molecular weight is 559 g/mol. The maximum Gasteiger partial charge on any atom is 0.216 e. The predicted molar refractivity (Wildman–Crippen MR) is 142 cm³/mol. The molecule has 5 rings (SSSR count). The van der Waals surface area contributed by atoms with Gasteiger partial charge in [0, 0.05) is 34.1 Å². The molecule has 186 valence electrons. The Hall–Kier alpha value is -1.96. The predicted octanol–water partition coefficient (Wildman–Crippen LogP) is 5.76. The summed E-state index contributed by atoms with van der Waals surface area (Å²) in [6, 6.07) is 12.0. The summed E-state index contributed by atoms with van der Waals surface area (Å²) in [6.07, 6.45) is 2.38. The van der Waals surface area contributed by atoms with Crippen molar-refractivity contribution in [1.82, 2.24) is 4.31 Å². The number of nitrogens with zero attached hydrogens (tertiary/aromatic N) is 1. The first-order valence-corrected chi connectivity index (χ1v) is 14.6. The van der Waals surface area contributed by atoms with Crippen molar-refractivity contribution in [2.45, 2.75) is 57.6 Å². The molecule has 3 aliphatic rings. The van der Waals surface area contributed by atoms with E-state index in [1.807, 2.05) is 24.3 Å². The minimum atomic E-state index is -3.19. The van der Waals surface area contributed by atoms with Gasteiger partial charge in [-0.1, -0.05) is 35.8 Å². The second kappa shape index (κ2) is 8.86. The van der Waals surface area contributed by atoms with Crippen molar-refractivity contribution < 1.29 is 17.9 Å². The summed E-state index contributed by atoms with van der Waals surface area (Å²) in [5.41, 5.74) is 5.78. The van der Waals surface area contributed by atoms with Gasteiger partial charge in [0.25, 0.3) is 0 Å². The molecule has 0 bridgehead atoms. The number of halogens is 1. The maximum atomic E-state index is 13.5. The molecule has 0 unspecified atom stereocenters. The molecule has 0 saturated carbocycles. The van der Waals surface area contributed by atoms with Gasteiger partial charge in [0.05, 0.1) is 11.9 Å². The lowest BCUT2D eigenvalue weighted by Gasteiger charge is -2.35. The van der Waals surface area contributed by atoms with E-state index in [2.05, 4.69) is 41.9 Å². The minimum absolute atomic E-state index is 0.0979. The second-order valence-corrected chi connectivity index (χ2v) is 14.1. The lowest BCUT2D eigenvalue weighted by molar-refractivity contribution is 0.105. The van der Waals surface area contributed by atoms with Gasteiger partial charge in [-0.2, -0.15) is 0 Å². The molecule has 0 N–H and O–H groups in total. The molecule has 5 nitrogen and oxygen atoms in total. The van der Waals surface area contributed by atoms with Gasteiger partial charge >= 0.3 is 0 Å². The number of rotatable bonds is 5. The third kappa shape index (κ3) is 4.19. The topological polar surface area (TPSA) is 63.7 Å². The molecule has 2 aromatic carbocycles. The third-order valence-corrected chi connectivity index (χ3v) is 10.7. The van der Waals surface area contributed by atoms with Gasteiger partial charge in [0.15, 0.2) is 5.78 Å². The van der Waals surface area contributed by atoms with Crippen molar-refractivity contribution in [2.75, 3.05) is 19.7 Å². The molecule has 2 aromatic rings. The zero-order valence-electron chi connectivity index (χ0n) is 20.7. The summed E-state index contributed by atoms with van der Waals surface area (Å²) in [6.45, 7) is 9.51. The van der Waals surface area contributed by atoms with E-state index in [1.54, 1.807) is 18.2 Å². The summed E-state index contributed by atoms with van der Waals surface area (Å²) in [5.74, 6) is 1.18. The standard InChI is InChI=1S/C28H32BrNO4S/c1-17(2)35(32,33)30-11-9-18(10-12-30)16-34-21-6-8-23-24(15-21)28(3,4)25-14-19-13-20(29)5-7-22(19)26(25)27(23)31/h5-8,13,15,17-18H,9-12,14,16H2,1-4H3. The Labute approximate surface area is 216 Å². The number of carbonyl (C=O) groups is 1. The zero-order chi connectivity index (χ0) is 25.1. The van der Waals surface area contributed by atoms with Gasteiger partial charge < -0.3 is 4.74 Å². The van der Waals surface area contributed by atoms with Crippen LogP contribution in [0.1, 0.15) is 67.6 Å². The van der Waals surface area contributed by atoms with Gasteiger partial charge in [0.2, 0.25) is 10.0 Å². The molecule has 1 heterocycles. The van der Waals surface area contributed by atoms with Crippen LogP contribution in [0.2, 0.25) is 0 Å². The van der Waals surface area contributed by atoms with Gasteiger partial charge in [-0.15, -0.1) is 0 Å². The molecule has 7 heteroatoms. The summed E-state index contributed by atoms with van der Waals surface area (Å²) in [7, 11) is -3.19. The van der Waals surface area contributed by atoms with E-state index < -0.39 is 10.0 Å². The van der Waals surface area contributed by atoms with E-state index in [1.165, 1.54) is 11.1 Å². The lowest BCUT2D eigenvalue weighted by Crippen LogP contribution is -2.42. The SMILES string of the molecule is CC(C)S(=O)(=O)N1CCC(COc2ccc3c(c2)C(C)(C)C2=C(C3=O)c3ccc(Br)cc3C2)CC1. The second-order valence-electron chi connectivity index (χ2n) is 10.7. The number of hydrogen-bond donors (Lipinski definition) is 0. The van der Waals surface area contributed by atoms with Crippen molar-refractivity contribution in [3.05, 3.63) is 68.7 Å². The monoisotopic (exact) mass is 557 g/mol. The van der Waals surface area contributed by atoms with E-state index in [0.29, 0.717) is 25.6 Å². The van der Waals surface area contributed by atoms with Gasteiger partial charge in [0.1, 0.15) is 5.75 Å². The van der Waals surface area contributed by atoms with E-state index in [0.717, 1.165) is 51.7 Å². The van der Waals surface area contributed by atoms with Crippen LogP contribution >= 0.6 is 15.9 Å². The number of carbonyl (C=O) groups excluding carboxylic acids is 1. The molecule has 1 saturated heterocycles. The van der Waals surface area contributed by atoms with E-state index >= 15 is 0 Å². The Bertz CT molecular complexity index is 1330. The van der Waals surface area contributed by atoms with E-state index in [-0.39, 0.29) is 16.4 Å². The zero-order valence-corrected chi connectivity index (χ0v) is 23.1. The number of allylic oxidation sites excluding steroid dienone is 2. The number of piperidine rings is 1. The van der Waals surface area contributed by atoms with Crippen LogP contribution in [0, 0.1) is 5.92 Å². The molecule has 0 atom stereocenters. The molecule has 1 aliphatic heterocycles. The number of Topliss-reactive ketones (excluding diaryl/α,β-unsaturated/α-hetero) is 1. The summed E-state index contributed by atoms with van der Waals surface area (Å²) < 4.78 is 33.7. The quantitative estimate of drug-likeness (QED) is 0.468. The molecule has 35 heavy (non-hydrogen) atoms. The van der Waals surface area contributed by atoms with Gasteiger partial charge in [-0.25, -0.2) is 12.7 Å². The molecule has 0 amide bonds. The molecular weight excluding hydrogens is 526 g/mol. The summed E-state index contributed by atoms with van der Waals surface area (Å²) >= 11 is 3.56. The fourth-order valence-corrected chi connectivity index (χ4v) is 7.38. The van der Waals surface area contributed by atoms with Gasteiger partial charge in [-0.05, 0) is 91.6 Å². The number of hydrogen-bond acceptors (Lipinski definition) is 4. The highest BCUT2D eigenvalue weighted by molar-refractivity contribution is 9.10. The number of benzene rings is 2. The Kier molecular flexibility index (Phi) is 6.26. The number of fused-ring (bicyclic) bond motifs is 3. The highest BCUT2D eigenvalue weighted by Crippen LogP contribution is 2.50. The summed E-state index contributed by atoms with van der Waals surface area (Å²) in [5, 5.41) is -0.387. The Balaban J connectivity index is 1.31. The third-order valence-electron chi connectivity index (χ3n) is 7.91. The number of sulfonamides is 1. The van der Waals surface area contributed by atoms with Crippen LogP contribution in [0.15, 0.2) is 46.4 Å². The first-order valence-electron chi connectivity index (χ1n) is 12.3. The molecule has 2 aliphatic carbocycles. The largest absolute Gasteiger partial charge is 0.493 e. The molecule has 0 radical (unpaired) electrons. The Morgan fingerprint density at radius 1 is 1.09 bits per heavy atom. The lowest BCUT2D eigenvalue weighted by atomic mass is 9.68. The van der Waals surface area contributed by atoms with Crippen molar-refractivity contribution in [3.63, 3.8) is 0 Å². The molecule has 0 aromatic heterocycles. The Morgan fingerprint density at radius 2 is 1.77 bits per heavy atom. The van der Waals surface area contributed by atoms with Crippen molar-refractivity contribution in [1.29, 1.82) is 0 Å². The minimum Gasteiger partial charge on any atom is -0.493 e. The molecule has 0 spiro atoms. The highest BCUT2D eigenvalue weighted by atomic mass is 79.9. The summed E-state index contributed by atoms with van der Waals surface area (Å²) in [4.78, 5) is 13.5. The maximum absolute atomic E-state index is 13.5. The Morgan fingerprint density at radius 3 is 2.46 bits per heavy atom. The van der Waals surface area contributed by atoms with Crippen molar-refractivity contribution >= 4 is 37.3 Å². The number of ketones is 1. The highest BCUT2D eigenvalue weighted by Gasteiger charge is 2.43. The normalized spacial score (nSPS) is 20.1. The average Bonchev–Trinajstić information content (AvgIpc) is 3.21. The van der Waals surface area contributed by atoms with Crippen LogP contribution in [-0.4, -0.2) is 43.5 Å². The van der Waals surface area contributed by atoms with Gasteiger partial charge in [-0.3, -0.25) is 4.79 Å². The number of ether oxygens (including phenoxy) is 1. The van der Waals surface area contributed by atoms with Crippen LogP contribution in [0.25, 0.3) is 5.57 Å². The van der Waals surface area contributed by atoms with E-state index in [9.17, 15) is 13.2 Å². The van der Waals surface area contributed by atoms with E-state index in [4.69, 9.17) is 4.74 Å².